The third-order valence-electron chi connectivity index (χ3n) is 3.13. The molecule has 0 amide bonds. The molecule has 0 bridgehead atoms. The lowest BCUT2D eigenvalue weighted by atomic mass is 9.98. The van der Waals surface area contributed by atoms with Crippen LogP contribution in [0.3, 0.4) is 0 Å². The molecule has 0 fully saturated rings. The van der Waals surface area contributed by atoms with Crippen molar-refractivity contribution in [3.63, 3.8) is 0 Å². The average Bonchev–Trinajstić information content (AvgIpc) is 2.28. The number of hydrogen-bond acceptors (Lipinski definition) is 2. The van der Waals surface area contributed by atoms with Crippen LogP contribution in [0.4, 0.5) is 8.78 Å². The molecule has 5 heteroatoms. The summed E-state index contributed by atoms with van der Waals surface area (Å²) in [4.78, 5) is 0. The largest absolute Gasteiger partial charge is 0.396 e. The molecule has 0 saturated heterocycles. The molecule has 3 N–H and O–H groups in total. The van der Waals surface area contributed by atoms with Gasteiger partial charge in [0.1, 0.15) is 6.04 Å². The second-order valence-electron chi connectivity index (χ2n) is 4.97. The topological polar surface area (TPSA) is 49.2 Å². The summed E-state index contributed by atoms with van der Waals surface area (Å²) in [6, 6.07) is 0.346. The summed E-state index contributed by atoms with van der Waals surface area (Å²) in [5, 5.41) is 12.9. The van der Waals surface area contributed by atoms with E-state index in [0.717, 1.165) is 25.7 Å². The van der Waals surface area contributed by atoms with Crippen LogP contribution in [-0.4, -0.2) is 29.9 Å². The lowest BCUT2D eigenvalue weighted by Crippen LogP contribution is -2.84. The molecule has 2 unspecified atom stereocenters. The van der Waals surface area contributed by atoms with Crippen molar-refractivity contribution in [2.45, 2.75) is 65.3 Å². The van der Waals surface area contributed by atoms with E-state index < -0.39 is 6.43 Å². The molecule has 0 saturated carbocycles. The highest BCUT2D eigenvalue weighted by Gasteiger charge is 2.12. The van der Waals surface area contributed by atoms with Crippen LogP contribution in [-0.2, 0) is 0 Å². The van der Waals surface area contributed by atoms with E-state index >= 15 is 0 Å². The fourth-order valence-corrected chi connectivity index (χ4v) is 1.76. The van der Waals surface area contributed by atoms with Crippen LogP contribution >= 0.6 is 0 Å². The van der Waals surface area contributed by atoms with Crippen molar-refractivity contribution in [1.82, 2.24) is 0 Å². The van der Waals surface area contributed by atoms with Crippen LogP contribution in [0.2, 0.25) is 0 Å². The molecule has 0 aliphatic rings. The van der Waals surface area contributed by atoms with Crippen LogP contribution in [0.25, 0.3) is 0 Å². The molecule has 18 heavy (non-hydrogen) atoms. The van der Waals surface area contributed by atoms with Gasteiger partial charge in [-0.2, -0.15) is 0 Å². The monoisotopic (exact) mass is 265 g/mol. The summed E-state index contributed by atoms with van der Waals surface area (Å²) in [6.45, 7) is 6.07. The summed E-state index contributed by atoms with van der Waals surface area (Å²) < 4.78 is 24.2. The van der Waals surface area contributed by atoms with E-state index in [4.69, 9.17) is 5.11 Å². The Bertz CT molecular complexity index is 235. The second-order valence-corrected chi connectivity index (χ2v) is 4.97. The van der Waals surface area contributed by atoms with E-state index in [1.165, 1.54) is 0 Å². The molecule has 0 aromatic rings. The first-order chi connectivity index (χ1) is 8.49. The molecule has 0 heterocycles. The number of halogens is 2. The predicted octanol–water partition coefficient (Wildman–Crippen LogP) is 2.16. The van der Waals surface area contributed by atoms with Crippen LogP contribution in [0.15, 0.2) is 5.10 Å². The van der Waals surface area contributed by atoms with Gasteiger partial charge in [0.25, 0.3) is 0 Å². The molecule has 108 valence electrons. The average molecular weight is 265 g/mol. The number of rotatable bonds is 10. The van der Waals surface area contributed by atoms with Gasteiger partial charge in [0.15, 0.2) is 0 Å². The van der Waals surface area contributed by atoms with Crippen molar-refractivity contribution in [3.8, 4) is 0 Å². The fourth-order valence-electron chi connectivity index (χ4n) is 1.76. The quantitative estimate of drug-likeness (QED) is 0.355. The van der Waals surface area contributed by atoms with Gasteiger partial charge >= 0.3 is 0 Å². The van der Waals surface area contributed by atoms with Gasteiger partial charge in [-0.1, -0.05) is 18.9 Å². The van der Waals surface area contributed by atoms with Gasteiger partial charge < -0.3 is 5.11 Å². The maximum atomic E-state index is 12.1. The molecule has 0 aliphatic heterocycles. The normalized spacial score (nSPS) is 16.1. The minimum absolute atomic E-state index is 0.229. The van der Waals surface area contributed by atoms with Gasteiger partial charge in [0.05, 0.1) is 12.1 Å². The number of alkyl halides is 2. The zero-order chi connectivity index (χ0) is 14.0. The minimum Gasteiger partial charge on any atom is -0.396 e. The van der Waals surface area contributed by atoms with E-state index in [2.05, 4.69) is 18.9 Å². The summed E-state index contributed by atoms with van der Waals surface area (Å²) in [6.07, 6.45) is 1.28. The Morgan fingerprint density at radius 2 is 1.94 bits per heavy atom. The Labute approximate surface area is 109 Å². The summed E-state index contributed by atoms with van der Waals surface area (Å²) >= 11 is 0. The molecule has 0 aromatic carbocycles. The summed E-state index contributed by atoms with van der Waals surface area (Å²) in [5.74, 6) is 0.503. The van der Waals surface area contributed by atoms with E-state index in [1.807, 2.05) is 5.43 Å². The van der Waals surface area contributed by atoms with Gasteiger partial charge in [0, 0.05) is 13.0 Å². The van der Waals surface area contributed by atoms with Crippen LogP contribution in [0.1, 0.15) is 52.9 Å². The Morgan fingerprint density at radius 3 is 2.44 bits per heavy atom. The first-order valence-electron chi connectivity index (χ1n) is 6.75. The van der Waals surface area contributed by atoms with Gasteiger partial charge in [-0.25, -0.2) is 14.2 Å². The predicted molar refractivity (Wildman–Crippen MR) is 69.8 cm³/mol. The number of hydrogen-bond donors (Lipinski definition) is 2. The van der Waals surface area contributed by atoms with Crippen molar-refractivity contribution in [3.05, 3.63) is 0 Å². The molecular formula is C13H27F2N2O+. The van der Waals surface area contributed by atoms with Gasteiger partial charge in [-0.05, 0) is 32.1 Å². The molecule has 0 rings (SSSR count). The van der Waals surface area contributed by atoms with Crippen molar-refractivity contribution in [2.24, 2.45) is 11.0 Å². The Morgan fingerprint density at radius 1 is 1.28 bits per heavy atom. The van der Waals surface area contributed by atoms with Crippen LogP contribution < -0.4 is 5.43 Å². The highest BCUT2D eigenvalue weighted by atomic mass is 19.3. The van der Waals surface area contributed by atoms with Gasteiger partial charge in [-0.3, -0.25) is 0 Å². The SMILES string of the molecule is CCC(CCC(C)CCO)[NH2+]N=C(C)CC(F)F. The lowest BCUT2D eigenvalue weighted by molar-refractivity contribution is -0.696. The van der Waals surface area contributed by atoms with E-state index in [9.17, 15) is 8.78 Å². The standard InChI is InChI=1S/C13H26F2N2O/c1-4-12(6-5-10(2)7-8-18)17-16-11(3)9-13(14)15/h10,12-13,17-18H,4-9H2,1-3H3/p+1. The van der Waals surface area contributed by atoms with E-state index in [-0.39, 0.29) is 13.0 Å². The zero-order valence-electron chi connectivity index (χ0n) is 11.7. The lowest BCUT2D eigenvalue weighted by Gasteiger charge is -2.14. The second kappa shape index (κ2) is 10.4. The molecular weight excluding hydrogens is 238 g/mol. The molecule has 0 aliphatic carbocycles. The Hall–Kier alpha value is -0.550. The van der Waals surface area contributed by atoms with Gasteiger partial charge in [-0.15, -0.1) is 0 Å². The van der Waals surface area contributed by atoms with Crippen molar-refractivity contribution in [2.75, 3.05) is 6.61 Å². The zero-order valence-corrected chi connectivity index (χ0v) is 11.7. The highest BCUT2D eigenvalue weighted by molar-refractivity contribution is 5.81. The third kappa shape index (κ3) is 9.48. The molecule has 3 nitrogen and oxygen atoms in total. The van der Waals surface area contributed by atoms with Crippen molar-refractivity contribution in [1.29, 1.82) is 0 Å². The fraction of sp³-hybridized carbons (Fsp3) is 0.923. The maximum Gasteiger partial charge on any atom is 0.244 e. The number of nitrogens with zero attached hydrogens (tertiary/aromatic N) is 1. The number of nitrogens with two attached hydrogens (primary N) is 1. The van der Waals surface area contributed by atoms with E-state index in [0.29, 0.717) is 17.7 Å². The maximum absolute atomic E-state index is 12.1. The summed E-state index contributed by atoms with van der Waals surface area (Å²) in [7, 11) is 0. The molecule has 2 atom stereocenters. The minimum atomic E-state index is -2.31. The van der Waals surface area contributed by atoms with Crippen LogP contribution in [0, 0.1) is 5.92 Å². The number of aliphatic hydroxyl groups excluding tert-OH is 1. The Balaban J connectivity index is 3.96. The van der Waals surface area contributed by atoms with Crippen LogP contribution in [0.5, 0.6) is 0 Å². The molecule has 0 radical (unpaired) electrons. The first-order valence-corrected chi connectivity index (χ1v) is 6.75. The third-order valence-corrected chi connectivity index (χ3v) is 3.13. The Kier molecular flexibility index (Phi) is 10.1. The number of quaternary nitrogens is 1. The molecule has 0 spiro atoms. The van der Waals surface area contributed by atoms with Gasteiger partial charge in [0.2, 0.25) is 6.43 Å². The van der Waals surface area contributed by atoms with E-state index in [1.54, 1.807) is 6.92 Å². The smallest absolute Gasteiger partial charge is 0.244 e. The van der Waals surface area contributed by atoms with Crippen molar-refractivity contribution < 1.29 is 19.3 Å². The first kappa shape index (κ1) is 17.4. The highest BCUT2D eigenvalue weighted by Crippen LogP contribution is 2.11. The summed E-state index contributed by atoms with van der Waals surface area (Å²) in [5.41, 5.74) is 2.30. The molecule has 0 aromatic heterocycles. The number of aliphatic hydroxyl groups is 1. The van der Waals surface area contributed by atoms with Crippen molar-refractivity contribution >= 4 is 5.71 Å².